The van der Waals surface area contributed by atoms with Crippen LogP contribution in [0.1, 0.15) is 38.2 Å². The minimum absolute atomic E-state index is 0.104. The molecule has 5 rings (SSSR count). The molecule has 2 aliphatic carbocycles. The average Bonchev–Trinajstić information content (AvgIpc) is 3.36. The fraction of sp³-hybridized carbons (Fsp3) is 0.391. The van der Waals surface area contributed by atoms with Crippen molar-refractivity contribution in [3.8, 4) is 0 Å². The predicted molar refractivity (Wildman–Crippen MR) is 110 cm³/mol. The van der Waals surface area contributed by atoms with Gasteiger partial charge >= 0.3 is 0 Å². The Hall–Kier alpha value is -2.62. The standard InChI is InChI=1S/C23H25N3O/c1-2-26-20-10-6-5-7-16(20)19-13-15(11-12-21(19)26)14-24-25-23(27)22-17-8-3-4-9-18(17)22/h5-7,10-14,17-18,22H,2-4,8-9H2,1H3,(H,25,27)/b24-14+/t17-,18+,22?. The lowest BCUT2D eigenvalue weighted by atomic mass is 10.0. The minimum Gasteiger partial charge on any atom is -0.341 e. The number of benzene rings is 2. The summed E-state index contributed by atoms with van der Waals surface area (Å²) in [5, 5.41) is 6.74. The molecule has 0 saturated heterocycles. The van der Waals surface area contributed by atoms with Gasteiger partial charge in [0.25, 0.3) is 0 Å². The number of hydrogen-bond acceptors (Lipinski definition) is 2. The van der Waals surface area contributed by atoms with Crippen LogP contribution in [0.15, 0.2) is 47.6 Å². The highest BCUT2D eigenvalue weighted by molar-refractivity contribution is 6.09. The van der Waals surface area contributed by atoms with Crippen molar-refractivity contribution in [1.82, 2.24) is 9.99 Å². The van der Waals surface area contributed by atoms with Crippen LogP contribution in [0.5, 0.6) is 0 Å². The second-order valence-electron chi connectivity index (χ2n) is 7.91. The number of rotatable bonds is 4. The first-order valence-electron chi connectivity index (χ1n) is 10.1. The van der Waals surface area contributed by atoms with E-state index in [-0.39, 0.29) is 11.8 Å². The second-order valence-corrected chi connectivity index (χ2v) is 7.91. The summed E-state index contributed by atoms with van der Waals surface area (Å²) < 4.78 is 2.34. The monoisotopic (exact) mass is 359 g/mol. The molecule has 2 saturated carbocycles. The summed E-state index contributed by atoms with van der Waals surface area (Å²) in [6.45, 7) is 3.11. The number of nitrogens with zero attached hydrogens (tertiary/aromatic N) is 2. The number of para-hydroxylation sites is 1. The van der Waals surface area contributed by atoms with Gasteiger partial charge in [-0.05, 0) is 55.4 Å². The summed E-state index contributed by atoms with van der Waals surface area (Å²) in [6, 6.07) is 14.9. The van der Waals surface area contributed by atoms with Crippen molar-refractivity contribution in [2.24, 2.45) is 22.9 Å². The highest BCUT2D eigenvalue weighted by Gasteiger charge is 2.54. The van der Waals surface area contributed by atoms with Gasteiger partial charge in [-0.3, -0.25) is 4.79 Å². The highest BCUT2D eigenvalue weighted by Crippen LogP contribution is 2.55. The number of carbonyl (C=O) groups is 1. The summed E-state index contributed by atoms with van der Waals surface area (Å²) in [5.41, 5.74) is 6.28. The van der Waals surface area contributed by atoms with Crippen LogP contribution in [0.3, 0.4) is 0 Å². The van der Waals surface area contributed by atoms with Crippen molar-refractivity contribution in [3.05, 3.63) is 48.0 Å². The molecule has 1 N–H and O–H groups in total. The molecule has 0 radical (unpaired) electrons. The van der Waals surface area contributed by atoms with Crippen LogP contribution in [0.2, 0.25) is 0 Å². The van der Waals surface area contributed by atoms with Crippen LogP contribution < -0.4 is 5.43 Å². The van der Waals surface area contributed by atoms with Crippen LogP contribution in [-0.2, 0) is 11.3 Å². The van der Waals surface area contributed by atoms with Crippen molar-refractivity contribution in [2.45, 2.75) is 39.2 Å². The molecule has 0 spiro atoms. The third kappa shape index (κ3) is 2.75. The van der Waals surface area contributed by atoms with E-state index < -0.39 is 0 Å². The van der Waals surface area contributed by atoms with E-state index in [9.17, 15) is 4.79 Å². The quantitative estimate of drug-likeness (QED) is 0.533. The molecule has 2 aliphatic rings. The van der Waals surface area contributed by atoms with E-state index in [0.29, 0.717) is 11.8 Å². The maximum absolute atomic E-state index is 12.4. The van der Waals surface area contributed by atoms with Crippen LogP contribution >= 0.6 is 0 Å². The van der Waals surface area contributed by atoms with E-state index in [1.807, 2.05) is 0 Å². The lowest BCUT2D eigenvalue weighted by molar-refractivity contribution is -0.122. The number of nitrogens with one attached hydrogen (secondary N) is 1. The normalized spacial score (nSPS) is 24.4. The Morgan fingerprint density at radius 3 is 2.63 bits per heavy atom. The van der Waals surface area contributed by atoms with Crippen molar-refractivity contribution in [1.29, 1.82) is 0 Å². The van der Waals surface area contributed by atoms with Gasteiger partial charge < -0.3 is 4.57 Å². The molecule has 1 heterocycles. The molecule has 2 aromatic carbocycles. The number of amides is 1. The molecule has 2 fully saturated rings. The summed E-state index contributed by atoms with van der Waals surface area (Å²) in [7, 11) is 0. The Labute approximate surface area is 159 Å². The van der Waals surface area contributed by atoms with Crippen LogP contribution in [0.25, 0.3) is 21.8 Å². The first kappa shape index (κ1) is 16.5. The van der Waals surface area contributed by atoms with Gasteiger partial charge in [-0.1, -0.05) is 37.1 Å². The largest absolute Gasteiger partial charge is 0.341 e. The second kappa shape index (κ2) is 6.52. The van der Waals surface area contributed by atoms with Crippen molar-refractivity contribution >= 4 is 33.9 Å². The van der Waals surface area contributed by atoms with Gasteiger partial charge in [-0.25, -0.2) is 5.43 Å². The minimum atomic E-state index is 0.104. The van der Waals surface area contributed by atoms with Gasteiger partial charge in [0.05, 0.1) is 6.21 Å². The summed E-state index contributed by atoms with van der Waals surface area (Å²) in [5.74, 6) is 1.54. The van der Waals surface area contributed by atoms with Crippen LogP contribution in [0, 0.1) is 17.8 Å². The molecule has 4 heteroatoms. The number of aryl methyl sites for hydroxylation is 1. The maximum Gasteiger partial charge on any atom is 0.243 e. The van der Waals surface area contributed by atoms with Crippen molar-refractivity contribution in [3.63, 3.8) is 0 Å². The molecule has 0 bridgehead atoms. The van der Waals surface area contributed by atoms with Crippen molar-refractivity contribution < 1.29 is 4.79 Å². The topological polar surface area (TPSA) is 46.4 Å². The molecular weight excluding hydrogens is 334 g/mol. The molecule has 4 nitrogen and oxygen atoms in total. The van der Waals surface area contributed by atoms with Gasteiger partial charge in [-0.2, -0.15) is 5.10 Å². The molecule has 3 aromatic rings. The predicted octanol–water partition coefficient (Wildman–Crippen LogP) is 4.70. The van der Waals surface area contributed by atoms with E-state index >= 15 is 0 Å². The van der Waals surface area contributed by atoms with Gasteiger partial charge in [0.1, 0.15) is 0 Å². The number of hydrazone groups is 1. The summed E-state index contributed by atoms with van der Waals surface area (Å²) in [4.78, 5) is 12.4. The van der Waals surface area contributed by atoms with E-state index in [2.05, 4.69) is 64.5 Å². The van der Waals surface area contributed by atoms with E-state index in [0.717, 1.165) is 12.1 Å². The molecule has 27 heavy (non-hydrogen) atoms. The highest BCUT2D eigenvalue weighted by atomic mass is 16.2. The van der Waals surface area contributed by atoms with E-state index in [4.69, 9.17) is 0 Å². The van der Waals surface area contributed by atoms with E-state index in [1.54, 1.807) is 6.21 Å². The smallest absolute Gasteiger partial charge is 0.243 e. The third-order valence-electron chi connectivity index (χ3n) is 6.46. The van der Waals surface area contributed by atoms with E-state index in [1.165, 1.54) is 47.5 Å². The number of carbonyl (C=O) groups excluding carboxylic acids is 1. The summed E-state index contributed by atoms with van der Waals surface area (Å²) >= 11 is 0. The fourth-order valence-electron chi connectivity index (χ4n) is 5.12. The fourth-order valence-corrected chi connectivity index (χ4v) is 5.12. The Morgan fingerprint density at radius 1 is 1.11 bits per heavy atom. The summed E-state index contributed by atoms with van der Waals surface area (Å²) in [6.07, 6.45) is 6.75. The van der Waals surface area contributed by atoms with Gasteiger partial charge in [0.2, 0.25) is 5.91 Å². The third-order valence-corrected chi connectivity index (χ3v) is 6.46. The number of hydrogen-bond donors (Lipinski definition) is 1. The first-order chi connectivity index (χ1) is 13.3. The van der Waals surface area contributed by atoms with Gasteiger partial charge in [-0.15, -0.1) is 0 Å². The Kier molecular flexibility index (Phi) is 4.00. The molecule has 1 amide bonds. The molecule has 3 atom stereocenters. The Balaban J connectivity index is 1.37. The zero-order valence-electron chi connectivity index (χ0n) is 15.7. The molecule has 1 unspecified atom stereocenters. The van der Waals surface area contributed by atoms with Crippen LogP contribution in [0.4, 0.5) is 0 Å². The average molecular weight is 359 g/mol. The van der Waals surface area contributed by atoms with Gasteiger partial charge in [0.15, 0.2) is 0 Å². The number of fused-ring (bicyclic) bond motifs is 4. The SMILES string of the molecule is CCn1c2ccccc2c2cc(/C=N/NC(=O)C3[C@H]4CCCC[C@@H]34)ccc21. The molecular formula is C23H25N3O. The molecule has 0 aliphatic heterocycles. The van der Waals surface area contributed by atoms with Crippen molar-refractivity contribution in [2.75, 3.05) is 0 Å². The first-order valence-corrected chi connectivity index (χ1v) is 10.1. The Morgan fingerprint density at radius 2 is 1.85 bits per heavy atom. The molecule has 1 aromatic heterocycles. The maximum atomic E-state index is 12.4. The lowest BCUT2D eigenvalue weighted by Gasteiger charge is -2.04. The Bertz CT molecular complexity index is 1040. The van der Waals surface area contributed by atoms with Gasteiger partial charge in [0, 0.05) is 34.3 Å². The van der Waals surface area contributed by atoms with Crippen LogP contribution in [-0.4, -0.2) is 16.7 Å². The number of aromatic nitrogens is 1. The zero-order chi connectivity index (χ0) is 18.4. The zero-order valence-corrected chi connectivity index (χ0v) is 15.7. The lowest BCUT2D eigenvalue weighted by Crippen LogP contribution is -2.20. The molecule has 138 valence electrons.